The summed E-state index contributed by atoms with van der Waals surface area (Å²) in [5.74, 6) is -0.414. The molecule has 5 rings (SSSR count). The van der Waals surface area contributed by atoms with Gasteiger partial charge in [-0.3, -0.25) is 14.4 Å². The number of anilines is 2. The summed E-state index contributed by atoms with van der Waals surface area (Å²) in [7, 11) is 0. The average molecular weight is 663 g/mol. The number of rotatable bonds is 12. The van der Waals surface area contributed by atoms with Gasteiger partial charge in [-0.15, -0.1) is 0 Å². The summed E-state index contributed by atoms with van der Waals surface area (Å²) in [4.78, 5) is 48.6. The number of halogens is 3. The van der Waals surface area contributed by atoms with Crippen LogP contribution in [0.1, 0.15) is 63.1 Å². The van der Waals surface area contributed by atoms with E-state index in [-0.39, 0.29) is 30.0 Å². The van der Waals surface area contributed by atoms with Gasteiger partial charge in [0.2, 0.25) is 0 Å². The van der Waals surface area contributed by atoms with Gasteiger partial charge in [0.05, 0.1) is 17.7 Å². The first-order valence-corrected chi connectivity index (χ1v) is 16.3. The van der Waals surface area contributed by atoms with Gasteiger partial charge in [0, 0.05) is 65.8 Å². The van der Waals surface area contributed by atoms with Gasteiger partial charge in [0.15, 0.2) is 11.6 Å². The summed E-state index contributed by atoms with van der Waals surface area (Å²) in [5, 5.41) is 11.8. The number of carbonyl (C=O) groups is 3. The number of nitrogens with zero attached hydrogens (tertiary/aromatic N) is 3. The second-order valence-corrected chi connectivity index (χ2v) is 12.3. The number of piperidine rings is 1. The number of carbonyl (C=O) groups excluding carboxylic acids is 2. The first kappa shape index (κ1) is 33.6. The van der Waals surface area contributed by atoms with Gasteiger partial charge in [-0.1, -0.05) is 24.3 Å². The molecule has 244 valence electrons. The van der Waals surface area contributed by atoms with E-state index in [0.29, 0.717) is 33.9 Å². The summed E-state index contributed by atoms with van der Waals surface area (Å²) < 4.78 is 39.5. The number of ketones is 1. The molecule has 0 atom stereocenters. The Kier molecular flexibility index (Phi) is 10.9. The van der Waals surface area contributed by atoms with Crippen LogP contribution in [0.5, 0.6) is 0 Å². The van der Waals surface area contributed by atoms with E-state index in [1.807, 2.05) is 12.1 Å². The molecule has 0 saturated carbocycles. The van der Waals surface area contributed by atoms with Crippen molar-refractivity contribution < 1.29 is 32.7 Å². The van der Waals surface area contributed by atoms with Crippen LogP contribution in [-0.2, 0) is 23.1 Å². The van der Waals surface area contributed by atoms with Crippen molar-refractivity contribution >= 4 is 40.8 Å². The zero-order valence-corrected chi connectivity index (χ0v) is 26.2. The van der Waals surface area contributed by atoms with E-state index in [9.17, 15) is 27.6 Å². The Hall–Kier alpha value is -4.71. The Bertz CT molecular complexity index is 1740. The molecule has 0 unspecified atom stereocenters. The van der Waals surface area contributed by atoms with Crippen molar-refractivity contribution in [1.29, 1.82) is 0 Å². The molecule has 1 aliphatic rings. The van der Waals surface area contributed by atoms with Crippen LogP contribution < -0.4 is 10.2 Å². The number of amides is 1. The predicted octanol–water partition coefficient (Wildman–Crippen LogP) is 7.54. The summed E-state index contributed by atoms with van der Waals surface area (Å²) >= 11 is 1.47. The zero-order valence-electron chi connectivity index (χ0n) is 25.4. The van der Waals surface area contributed by atoms with Crippen LogP contribution in [0.4, 0.5) is 24.5 Å². The van der Waals surface area contributed by atoms with Crippen molar-refractivity contribution in [2.75, 3.05) is 29.1 Å². The highest BCUT2D eigenvalue weighted by molar-refractivity contribution is 7.98. The minimum absolute atomic E-state index is 0.0567. The van der Waals surface area contributed by atoms with Crippen molar-refractivity contribution in [2.45, 2.75) is 44.0 Å². The fourth-order valence-electron chi connectivity index (χ4n) is 5.28. The van der Waals surface area contributed by atoms with E-state index in [2.05, 4.69) is 20.2 Å². The second kappa shape index (κ2) is 15.3. The van der Waals surface area contributed by atoms with Gasteiger partial charge >= 0.3 is 12.1 Å². The van der Waals surface area contributed by atoms with Crippen molar-refractivity contribution in [3.63, 3.8) is 0 Å². The summed E-state index contributed by atoms with van der Waals surface area (Å²) in [6.07, 6.45) is 1.55. The molecule has 1 amide bonds. The Morgan fingerprint density at radius 1 is 0.894 bits per heavy atom. The third kappa shape index (κ3) is 9.19. The topological polar surface area (TPSA) is 112 Å². The average Bonchev–Trinajstić information content (AvgIpc) is 3.07. The standard InChI is InChI=1S/C35H33F3N4O4S/c36-35(37,38)27-9-5-7-25(18-27)33-39-20-24(21-40-33)17-31(43)29-19-28(42-13-2-1-3-14-42)10-11-30(29)41-34(46)26-8-4-6-23(16-26)22-47-15-12-32(44)45/h4-11,16,18-21H,1-3,12-15,17,22H2,(H,41,46)(H,44,45). The van der Waals surface area contributed by atoms with Gasteiger partial charge in [0.25, 0.3) is 5.91 Å². The third-order valence-electron chi connectivity index (χ3n) is 7.71. The molecule has 12 heteroatoms. The highest BCUT2D eigenvalue weighted by Gasteiger charge is 2.30. The number of carboxylic acid groups (broad SMARTS) is 1. The highest BCUT2D eigenvalue weighted by Crippen LogP contribution is 2.32. The zero-order chi connectivity index (χ0) is 33.4. The van der Waals surface area contributed by atoms with Gasteiger partial charge in [0.1, 0.15) is 0 Å². The molecular formula is C35H33F3N4O4S. The first-order chi connectivity index (χ1) is 22.6. The summed E-state index contributed by atoms with van der Waals surface area (Å²) in [5.41, 5.74) is 2.70. The lowest BCUT2D eigenvalue weighted by Gasteiger charge is -2.29. The largest absolute Gasteiger partial charge is 0.481 e. The molecule has 4 aromatic rings. The molecule has 1 saturated heterocycles. The number of carboxylic acids is 1. The summed E-state index contributed by atoms with van der Waals surface area (Å²) in [6.45, 7) is 1.73. The van der Waals surface area contributed by atoms with Crippen molar-refractivity contribution in [3.05, 3.63) is 107 Å². The lowest BCUT2D eigenvalue weighted by Crippen LogP contribution is -2.29. The van der Waals surface area contributed by atoms with Gasteiger partial charge in [-0.2, -0.15) is 24.9 Å². The van der Waals surface area contributed by atoms with Crippen LogP contribution in [0.15, 0.2) is 79.1 Å². The minimum atomic E-state index is -4.50. The van der Waals surface area contributed by atoms with E-state index < -0.39 is 23.6 Å². The number of hydrogen-bond donors (Lipinski definition) is 2. The molecule has 8 nitrogen and oxygen atoms in total. The van der Waals surface area contributed by atoms with Gasteiger partial charge in [-0.25, -0.2) is 9.97 Å². The van der Waals surface area contributed by atoms with Crippen LogP contribution in [0.3, 0.4) is 0 Å². The maximum atomic E-state index is 13.8. The number of nitrogens with one attached hydrogen (secondary N) is 1. The van der Waals surface area contributed by atoms with Crippen LogP contribution in [0.25, 0.3) is 11.4 Å². The molecule has 0 spiro atoms. The minimum Gasteiger partial charge on any atom is -0.481 e. The Morgan fingerprint density at radius 3 is 2.36 bits per heavy atom. The number of hydrogen-bond acceptors (Lipinski definition) is 7. The molecule has 3 aromatic carbocycles. The molecule has 47 heavy (non-hydrogen) atoms. The van der Waals surface area contributed by atoms with E-state index in [1.54, 1.807) is 30.3 Å². The molecule has 2 heterocycles. The van der Waals surface area contributed by atoms with Crippen LogP contribution in [-0.4, -0.2) is 51.6 Å². The van der Waals surface area contributed by atoms with Gasteiger partial charge in [-0.05, 0) is 72.9 Å². The van der Waals surface area contributed by atoms with Crippen LogP contribution in [0, 0.1) is 0 Å². The molecule has 0 bridgehead atoms. The number of aromatic nitrogens is 2. The molecule has 1 fully saturated rings. The SMILES string of the molecule is O=C(O)CCSCc1cccc(C(=O)Nc2ccc(N3CCCCC3)cc2C(=O)Cc2cnc(-c3cccc(C(F)(F)F)c3)nc2)c1. The third-order valence-corrected chi connectivity index (χ3v) is 8.74. The number of Topliss-reactive ketones (excluding diaryl/α,β-unsaturated/α-hetero) is 1. The fourth-order valence-corrected chi connectivity index (χ4v) is 6.16. The number of thioether (sulfide) groups is 1. The number of benzene rings is 3. The fraction of sp³-hybridized carbons (Fsp3) is 0.286. The number of aliphatic carboxylic acids is 1. The molecular weight excluding hydrogens is 629 g/mol. The van der Waals surface area contributed by atoms with E-state index in [4.69, 9.17) is 5.11 Å². The lowest BCUT2D eigenvalue weighted by atomic mass is 10.0. The van der Waals surface area contributed by atoms with Gasteiger partial charge < -0.3 is 15.3 Å². The number of alkyl halides is 3. The quantitative estimate of drug-likeness (QED) is 0.118. The van der Waals surface area contributed by atoms with Crippen molar-refractivity contribution in [3.8, 4) is 11.4 Å². The Balaban J connectivity index is 1.34. The normalized spacial score (nSPS) is 13.3. The Labute approximate surface area is 274 Å². The van der Waals surface area contributed by atoms with Crippen LogP contribution in [0.2, 0.25) is 0 Å². The highest BCUT2D eigenvalue weighted by atomic mass is 32.2. The molecule has 0 radical (unpaired) electrons. The van der Waals surface area contributed by atoms with E-state index in [0.717, 1.165) is 55.7 Å². The van der Waals surface area contributed by atoms with Crippen LogP contribution >= 0.6 is 11.8 Å². The molecule has 1 aliphatic heterocycles. The molecule has 0 aliphatic carbocycles. The maximum absolute atomic E-state index is 13.8. The maximum Gasteiger partial charge on any atom is 0.416 e. The Morgan fingerprint density at radius 2 is 1.64 bits per heavy atom. The first-order valence-electron chi connectivity index (χ1n) is 15.2. The molecule has 2 N–H and O–H groups in total. The second-order valence-electron chi connectivity index (χ2n) is 11.2. The van der Waals surface area contributed by atoms with E-state index >= 15 is 0 Å². The molecule has 1 aromatic heterocycles. The monoisotopic (exact) mass is 662 g/mol. The predicted molar refractivity (Wildman–Crippen MR) is 176 cm³/mol. The summed E-state index contributed by atoms with van der Waals surface area (Å²) in [6, 6.07) is 17.2. The van der Waals surface area contributed by atoms with Crippen molar-refractivity contribution in [2.24, 2.45) is 0 Å². The van der Waals surface area contributed by atoms with E-state index in [1.165, 1.54) is 36.3 Å². The van der Waals surface area contributed by atoms with Crippen molar-refractivity contribution in [1.82, 2.24) is 9.97 Å². The lowest BCUT2D eigenvalue weighted by molar-refractivity contribution is -0.138. The smallest absolute Gasteiger partial charge is 0.416 e.